The lowest BCUT2D eigenvalue weighted by molar-refractivity contribution is -0.138. The van der Waals surface area contributed by atoms with E-state index in [1.54, 1.807) is 11.3 Å². The summed E-state index contributed by atoms with van der Waals surface area (Å²) in [6.45, 7) is 9.04. The van der Waals surface area contributed by atoms with Gasteiger partial charge in [0.25, 0.3) is 0 Å². The number of carbonyl (C=O) groups is 2. The van der Waals surface area contributed by atoms with E-state index in [-0.39, 0.29) is 17.2 Å². The molecule has 5 heteroatoms. The minimum absolute atomic E-state index is 0.122. The molecule has 0 N–H and O–H groups in total. The number of hydrogen-bond donors (Lipinski definition) is 0. The highest BCUT2D eigenvalue weighted by Gasteiger charge is 2.32. The molecule has 138 valence electrons. The Labute approximate surface area is 155 Å². The molecule has 3 heterocycles. The molecule has 1 saturated heterocycles. The molecule has 0 aromatic carbocycles. The Morgan fingerprint density at radius 1 is 1.20 bits per heavy atom. The molecule has 2 aliphatic rings. The van der Waals surface area contributed by atoms with Crippen LogP contribution in [0.4, 0.5) is 0 Å². The monoisotopic (exact) mass is 362 g/mol. The largest absolute Gasteiger partial charge is 0.340 e. The average molecular weight is 363 g/mol. The van der Waals surface area contributed by atoms with Gasteiger partial charge in [0, 0.05) is 43.4 Å². The molecule has 0 saturated carbocycles. The molecular formula is C20H30N2O2S. The molecule has 0 bridgehead atoms. The van der Waals surface area contributed by atoms with Crippen molar-refractivity contribution in [2.45, 2.75) is 71.9 Å². The highest BCUT2D eigenvalue weighted by molar-refractivity contribution is 7.10. The van der Waals surface area contributed by atoms with Crippen LogP contribution in [0.3, 0.4) is 0 Å². The number of amides is 2. The van der Waals surface area contributed by atoms with E-state index in [0.29, 0.717) is 25.4 Å². The summed E-state index contributed by atoms with van der Waals surface area (Å²) in [5.41, 5.74) is 1.51. The molecule has 2 aliphatic heterocycles. The second-order valence-corrected chi connectivity index (χ2v) is 9.58. The van der Waals surface area contributed by atoms with Crippen LogP contribution < -0.4 is 0 Å². The molecule has 0 radical (unpaired) electrons. The van der Waals surface area contributed by atoms with Gasteiger partial charge in [-0.05, 0) is 48.1 Å². The van der Waals surface area contributed by atoms with Gasteiger partial charge < -0.3 is 9.80 Å². The van der Waals surface area contributed by atoms with Crippen LogP contribution >= 0.6 is 11.3 Å². The van der Waals surface area contributed by atoms with Gasteiger partial charge in [-0.2, -0.15) is 0 Å². The molecule has 0 spiro atoms. The molecule has 1 aromatic rings. The van der Waals surface area contributed by atoms with E-state index in [1.165, 1.54) is 10.4 Å². The number of likely N-dealkylation sites (tertiary alicyclic amines) is 1. The van der Waals surface area contributed by atoms with Gasteiger partial charge in [0.15, 0.2) is 0 Å². The third-order valence-corrected chi connectivity index (χ3v) is 6.28. The Hall–Kier alpha value is -1.36. The molecular weight excluding hydrogens is 332 g/mol. The third kappa shape index (κ3) is 4.63. The van der Waals surface area contributed by atoms with E-state index in [0.717, 1.165) is 38.8 Å². The Balaban J connectivity index is 1.49. The zero-order chi connectivity index (χ0) is 18.0. The van der Waals surface area contributed by atoms with Crippen molar-refractivity contribution in [1.29, 1.82) is 0 Å². The lowest BCUT2D eigenvalue weighted by Crippen LogP contribution is -2.39. The molecule has 1 atom stereocenters. The predicted octanol–water partition coefficient (Wildman–Crippen LogP) is 3.84. The van der Waals surface area contributed by atoms with Crippen molar-refractivity contribution < 1.29 is 9.59 Å². The average Bonchev–Trinajstić information content (AvgIpc) is 3.18. The van der Waals surface area contributed by atoms with Crippen LogP contribution in [0.25, 0.3) is 0 Å². The van der Waals surface area contributed by atoms with Gasteiger partial charge in [0.2, 0.25) is 11.8 Å². The van der Waals surface area contributed by atoms with Crippen molar-refractivity contribution in [3.05, 3.63) is 21.9 Å². The fraction of sp³-hybridized carbons (Fsp3) is 0.700. The van der Waals surface area contributed by atoms with Crippen LogP contribution in [0, 0.1) is 5.41 Å². The maximum Gasteiger partial charge on any atom is 0.223 e. The summed E-state index contributed by atoms with van der Waals surface area (Å²) < 4.78 is 0. The Kier molecular flexibility index (Phi) is 5.52. The van der Waals surface area contributed by atoms with E-state index in [4.69, 9.17) is 0 Å². The standard InChI is InChI=1S/C20H30N2O2S/c1-20(2,3)13-16-5-4-10-22(16)19(24)7-6-18(23)21-11-8-17-15(14-21)9-12-25-17/h9,12,16H,4-8,10-11,13-14H2,1-3H3. The maximum absolute atomic E-state index is 12.6. The topological polar surface area (TPSA) is 40.6 Å². The number of fused-ring (bicyclic) bond motifs is 1. The minimum atomic E-state index is 0.122. The van der Waals surface area contributed by atoms with Crippen molar-refractivity contribution >= 4 is 23.2 Å². The van der Waals surface area contributed by atoms with Gasteiger partial charge in [-0.3, -0.25) is 9.59 Å². The van der Waals surface area contributed by atoms with Crippen molar-refractivity contribution in [3.63, 3.8) is 0 Å². The van der Waals surface area contributed by atoms with Crippen LogP contribution in [-0.4, -0.2) is 40.7 Å². The maximum atomic E-state index is 12.6. The molecule has 1 fully saturated rings. The molecule has 0 aliphatic carbocycles. The molecule has 2 amide bonds. The molecule has 1 aromatic heterocycles. The number of carbonyl (C=O) groups excluding carboxylic acids is 2. The summed E-state index contributed by atoms with van der Waals surface area (Å²) in [4.78, 5) is 30.5. The zero-order valence-corrected chi connectivity index (χ0v) is 16.5. The highest BCUT2D eigenvalue weighted by Crippen LogP contribution is 2.30. The summed E-state index contributed by atoms with van der Waals surface area (Å²) in [6.07, 6.45) is 4.88. The van der Waals surface area contributed by atoms with E-state index < -0.39 is 0 Å². The SMILES string of the molecule is CC(C)(C)CC1CCCN1C(=O)CCC(=O)N1CCc2sccc2C1. The Morgan fingerprint density at radius 2 is 1.96 bits per heavy atom. The molecule has 4 nitrogen and oxygen atoms in total. The van der Waals surface area contributed by atoms with Crippen molar-refractivity contribution in [2.24, 2.45) is 5.41 Å². The van der Waals surface area contributed by atoms with Gasteiger partial charge in [-0.25, -0.2) is 0 Å². The van der Waals surface area contributed by atoms with E-state index in [2.05, 4.69) is 32.2 Å². The summed E-state index contributed by atoms with van der Waals surface area (Å²) >= 11 is 1.78. The fourth-order valence-electron chi connectivity index (χ4n) is 4.06. The summed E-state index contributed by atoms with van der Waals surface area (Å²) in [5, 5.41) is 2.10. The van der Waals surface area contributed by atoms with Crippen LogP contribution in [0.2, 0.25) is 0 Å². The third-order valence-electron chi connectivity index (χ3n) is 5.26. The van der Waals surface area contributed by atoms with Crippen LogP contribution in [-0.2, 0) is 22.6 Å². The summed E-state index contributed by atoms with van der Waals surface area (Å²) in [6, 6.07) is 2.47. The first-order valence-electron chi connectivity index (χ1n) is 9.46. The summed E-state index contributed by atoms with van der Waals surface area (Å²) in [5.74, 6) is 0.283. The van der Waals surface area contributed by atoms with E-state index in [1.807, 2.05) is 9.80 Å². The van der Waals surface area contributed by atoms with Gasteiger partial charge in [0.05, 0.1) is 0 Å². The Morgan fingerprint density at radius 3 is 2.72 bits per heavy atom. The first-order chi connectivity index (χ1) is 11.8. The molecule has 1 unspecified atom stereocenters. The zero-order valence-electron chi connectivity index (χ0n) is 15.7. The van der Waals surface area contributed by atoms with Gasteiger partial charge in [-0.1, -0.05) is 20.8 Å². The predicted molar refractivity (Wildman–Crippen MR) is 101 cm³/mol. The molecule has 25 heavy (non-hydrogen) atoms. The minimum Gasteiger partial charge on any atom is -0.340 e. The summed E-state index contributed by atoms with van der Waals surface area (Å²) in [7, 11) is 0. The highest BCUT2D eigenvalue weighted by atomic mass is 32.1. The van der Waals surface area contributed by atoms with Gasteiger partial charge in [0.1, 0.15) is 0 Å². The normalized spacial score (nSPS) is 20.7. The lowest BCUT2D eigenvalue weighted by atomic mass is 9.87. The number of hydrogen-bond acceptors (Lipinski definition) is 3. The first kappa shape index (κ1) is 18.4. The Bertz CT molecular complexity index is 632. The smallest absolute Gasteiger partial charge is 0.223 e. The van der Waals surface area contributed by atoms with Crippen molar-refractivity contribution in [2.75, 3.05) is 13.1 Å². The quantitative estimate of drug-likeness (QED) is 0.816. The van der Waals surface area contributed by atoms with E-state index >= 15 is 0 Å². The van der Waals surface area contributed by atoms with Crippen molar-refractivity contribution in [1.82, 2.24) is 9.80 Å². The second-order valence-electron chi connectivity index (χ2n) is 8.58. The van der Waals surface area contributed by atoms with Gasteiger partial charge >= 0.3 is 0 Å². The second kappa shape index (κ2) is 7.48. The lowest BCUT2D eigenvalue weighted by Gasteiger charge is -2.31. The van der Waals surface area contributed by atoms with Gasteiger partial charge in [-0.15, -0.1) is 11.3 Å². The molecule has 3 rings (SSSR count). The number of nitrogens with zero attached hydrogens (tertiary/aromatic N) is 2. The first-order valence-corrected chi connectivity index (χ1v) is 10.3. The van der Waals surface area contributed by atoms with Crippen molar-refractivity contribution in [3.8, 4) is 0 Å². The van der Waals surface area contributed by atoms with Crippen LogP contribution in [0.15, 0.2) is 11.4 Å². The van der Waals surface area contributed by atoms with Crippen LogP contribution in [0.1, 0.15) is 63.3 Å². The van der Waals surface area contributed by atoms with E-state index in [9.17, 15) is 9.59 Å². The fourth-order valence-corrected chi connectivity index (χ4v) is 4.95. The number of rotatable bonds is 4. The van der Waals surface area contributed by atoms with Crippen LogP contribution in [0.5, 0.6) is 0 Å². The number of thiophene rings is 1.